The number of hydrogen-bond acceptors (Lipinski definition) is 3. The summed E-state index contributed by atoms with van der Waals surface area (Å²) in [6, 6.07) is 7.73. The molecule has 4 nitrogen and oxygen atoms in total. The zero-order valence-corrected chi connectivity index (χ0v) is 12.3. The molecule has 20 heavy (non-hydrogen) atoms. The average molecular weight is 276 g/mol. The van der Waals surface area contributed by atoms with Gasteiger partial charge in [0.1, 0.15) is 0 Å². The van der Waals surface area contributed by atoms with Gasteiger partial charge in [0.2, 0.25) is 5.91 Å². The minimum absolute atomic E-state index is 0.118. The summed E-state index contributed by atoms with van der Waals surface area (Å²) in [5, 5.41) is 15.7. The summed E-state index contributed by atoms with van der Waals surface area (Å²) in [5.74, 6) is 0.334. The summed E-state index contributed by atoms with van der Waals surface area (Å²) in [6.45, 7) is 5.00. The lowest BCUT2D eigenvalue weighted by Crippen LogP contribution is -2.29. The second kappa shape index (κ2) is 6.27. The number of hydrogen-bond donors (Lipinski definition) is 3. The number of rotatable bonds is 7. The molecule has 1 amide bonds. The van der Waals surface area contributed by atoms with Crippen LogP contribution in [0.5, 0.6) is 0 Å². The lowest BCUT2D eigenvalue weighted by Gasteiger charge is -2.26. The van der Waals surface area contributed by atoms with Gasteiger partial charge in [-0.1, -0.05) is 19.9 Å². The molecule has 1 unspecified atom stereocenters. The lowest BCUT2D eigenvalue weighted by molar-refractivity contribution is -0.117. The highest BCUT2D eigenvalue weighted by Gasteiger charge is 2.29. The van der Waals surface area contributed by atoms with Gasteiger partial charge >= 0.3 is 0 Å². The van der Waals surface area contributed by atoms with Gasteiger partial charge in [-0.25, -0.2) is 0 Å². The van der Waals surface area contributed by atoms with Crippen molar-refractivity contribution in [2.24, 2.45) is 11.3 Å². The summed E-state index contributed by atoms with van der Waals surface area (Å²) >= 11 is 0. The third-order valence-corrected chi connectivity index (χ3v) is 4.03. The standard InChI is InChI=1S/C16H24N2O2/c1-3-16(2,11-19)10-17-13-5-4-6-14(9-13)18-15(20)12-7-8-12/h4-6,9,12,17,19H,3,7-8,10-11H2,1-2H3,(H,18,20). The molecule has 0 heterocycles. The van der Waals surface area contributed by atoms with Crippen molar-refractivity contribution in [1.29, 1.82) is 0 Å². The molecule has 1 aromatic rings. The van der Waals surface area contributed by atoms with Gasteiger partial charge in [-0.3, -0.25) is 4.79 Å². The van der Waals surface area contributed by atoms with E-state index in [1.54, 1.807) is 0 Å². The Morgan fingerprint density at radius 3 is 2.70 bits per heavy atom. The van der Waals surface area contributed by atoms with Crippen LogP contribution >= 0.6 is 0 Å². The fourth-order valence-electron chi connectivity index (χ4n) is 1.90. The van der Waals surface area contributed by atoms with Crippen LogP contribution in [0, 0.1) is 11.3 Å². The van der Waals surface area contributed by atoms with Crippen molar-refractivity contribution in [2.75, 3.05) is 23.8 Å². The van der Waals surface area contributed by atoms with E-state index in [4.69, 9.17) is 0 Å². The summed E-state index contributed by atoms with van der Waals surface area (Å²) in [5.41, 5.74) is 1.67. The molecule has 1 fully saturated rings. The maximum atomic E-state index is 11.7. The number of anilines is 2. The predicted octanol–water partition coefficient (Wildman–Crippen LogP) is 2.86. The maximum absolute atomic E-state index is 11.7. The van der Waals surface area contributed by atoms with Crippen LogP contribution in [0.3, 0.4) is 0 Å². The quantitative estimate of drug-likeness (QED) is 0.717. The highest BCUT2D eigenvalue weighted by atomic mass is 16.3. The van der Waals surface area contributed by atoms with Gasteiger partial charge < -0.3 is 15.7 Å². The molecule has 1 aliphatic rings. The highest BCUT2D eigenvalue weighted by Crippen LogP contribution is 2.30. The van der Waals surface area contributed by atoms with E-state index >= 15 is 0 Å². The van der Waals surface area contributed by atoms with Crippen molar-refractivity contribution in [1.82, 2.24) is 0 Å². The van der Waals surface area contributed by atoms with E-state index in [1.165, 1.54) is 0 Å². The Morgan fingerprint density at radius 1 is 1.40 bits per heavy atom. The van der Waals surface area contributed by atoms with Gasteiger partial charge in [-0.15, -0.1) is 0 Å². The van der Waals surface area contributed by atoms with Crippen molar-refractivity contribution in [3.63, 3.8) is 0 Å². The molecule has 1 aromatic carbocycles. The Balaban J connectivity index is 1.93. The molecule has 1 atom stereocenters. The van der Waals surface area contributed by atoms with Gasteiger partial charge in [-0.2, -0.15) is 0 Å². The van der Waals surface area contributed by atoms with E-state index in [9.17, 15) is 9.90 Å². The van der Waals surface area contributed by atoms with E-state index in [-0.39, 0.29) is 23.8 Å². The molecular formula is C16H24N2O2. The second-order valence-corrected chi connectivity index (χ2v) is 6.02. The van der Waals surface area contributed by atoms with E-state index < -0.39 is 0 Å². The van der Waals surface area contributed by atoms with Gasteiger partial charge in [0.05, 0.1) is 6.61 Å². The van der Waals surface area contributed by atoms with Crippen LogP contribution in [0.25, 0.3) is 0 Å². The summed E-state index contributed by atoms with van der Waals surface area (Å²) in [7, 11) is 0. The fraction of sp³-hybridized carbons (Fsp3) is 0.562. The summed E-state index contributed by atoms with van der Waals surface area (Å²) in [4.78, 5) is 11.7. The van der Waals surface area contributed by atoms with Gasteiger partial charge in [-0.05, 0) is 37.5 Å². The Bertz CT molecular complexity index is 465. The van der Waals surface area contributed by atoms with Crippen LogP contribution in [0.4, 0.5) is 11.4 Å². The normalized spacial score (nSPS) is 17.4. The van der Waals surface area contributed by atoms with Crippen LogP contribution in [0.1, 0.15) is 33.1 Å². The van der Waals surface area contributed by atoms with Gasteiger partial charge in [0, 0.05) is 29.3 Å². The molecule has 1 aliphatic carbocycles. The first-order valence-electron chi connectivity index (χ1n) is 7.32. The Morgan fingerprint density at radius 2 is 2.10 bits per heavy atom. The molecule has 4 heteroatoms. The number of carbonyl (C=O) groups excluding carboxylic acids is 1. The Kier molecular flexibility index (Phi) is 4.65. The minimum Gasteiger partial charge on any atom is -0.396 e. The molecule has 2 rings (SSSR count). The zero-order valence-electron chi connectivity index (χ0n) is 12.3. The fourth-order valence-corrected chi connectivity index (χ4v) is 1.90. The minimum atomic E-state index is -0.118. The molecule has 3 N–H and O–H groups in total. The third kappa shape index (κ3) is 3.97. The molecule has 110 valence electrons. The molecule has 0 radical (unpaired) electrons. The Hall–Kier alpha value is -1.55. The maximum Gasteiger partial charge on any atom is 0.227 e. The van der Waals surface area contributed by atoms with Crippen LogP contribution in [0.15, 0.2) is 24.3 Å². The van der Waals surface area contributed by atoms with Gasteiger partial charge in [0.15, 0.2) is 0 Å². The van der Waals surface area contributed by atoms with Crippen molar-refractivity contribution in [3.8, 4) is 0 Å². The first kappa shape index (κ1) is 14.9. The predicted molar refractivity (Wildman–Crippen MR) is 81.8 cm³/mol. The van der Waals surface area contributed by atoms with E-state index in [1.807, 2.05) is 24.3 Å². The van der Waals surface area contributed by atoms with E-state index in [2.05, 4.69) is 24.5 Å². The number of benzene rings is 1. The zero-order chi connectivity index (χ0) is 14.6. The number of nitrogens with one attached hydrogen (secondary N) is 2. The van der Waals surface area contributed by atoms with Crippen molar-refractivity contribution in [2.45, 2.75) is 33.1 Å². The molecule has 0 saturated heterocycles. The molecule has 0 spiro atoms. The topological polar surface area (TPSA) is 61.4 Å². The number of aliphatic hydroxyl groups is 1. The second-order valence-electron chi connectivity index (χ2n) is 6.02. The van der Waals surface area contributed by atoms with Crippen molar-refractivity contribution < 1.29 is 9.90 Å². The van der Waals surface area contributed by atoms with Crippen LogP contribution in [0.2, 0.25) is 0 Å². The van der Waals surface area contributed by atoms with Crippen molar-refractivity contribution >= 4 is 17.3 Å². The third-order valence-electron chi connectivity index (χ3n) is 4.03. The molecule has 0 aromatic heterocycles. The van der Waals surface area contributed by atoms with Crippen LogP contribution in [-0.4, -0.2) is 24.2 Å². The largest absolute Gasteiger partial charge is 0.396 e. The average Bonchev–Trinajstić information content (AvgIpc) is 3.30. The van der Waals surface area contributed by atoms with Crippen LogP contribution < -0.4 is 10.6 Å². The van der Waals surface area contributed by atoms with Crippen molar-refractivity contribution in [3.05, 3.63) is 24.3 Å². The smallest absolute Gasteiger partial charge is 0.227 e. The SMILES string of the molecule is CCC(C)(CO)CNc1cccc(NC(=O)C2CC2)c1. The summed E-state index contributed by atoms with van der Waals surface area (Å²) < 4.78 is 0. The lowest BCUT2D eigenvalue weighted by atomic mass is 9.88. The first-order valence-corrected chi connectivity index (χ1v) is 7.32. The van der Waals surface area contributed by atoms with Gasteiger partial charge in [0.25, 0.3) is 0 Å². The molecule has 1 saturated carbocycles. The molecular weight excluding hydrogens is 252 g/mol. The number of carbonyl (C=O) groups is 1. The Labute approximate surface area is 120 Å². The highest BCUT2D eigenvalue weighted by molar-refractivity contribution is 5.94. The molecule has 0 aliphatic heterocycles. The number of amides is 1. The monoisotopic (exact) mass is 276 g/mol. The summed E-state index contributed by atoms with van der Waals surface area (Å²) in [6.07, 6.45) is 2.93. The molecule has 0 bridgehead atoms. The van der Waals surface area contributed by atoms with Crippen LogP contribution in [-0.2, 0) is 4.79 Å². The van der Waals surface area contributed by atoms with E-state index in [0.29, 0.717) is 6.54 Å². The number of aliphatic hydroxyl groups excluding tert-OH is 1. The first-order chi connectivity index (χ1) is 9.56. The van der Waals surface area contributed by atoms with E-state index in [0.717, 1.165) is 30.6 Å².